The lowest BCUT2D eigenvalue weighted by molar-refractivity contribution is 0.625. The largest absolute Gasteiger partial charge is 0.319 e. The van der Waals surface area contributed by atoms with E-state index in [-0.39, 0.29) is 0 Å². The first-order valence-corrected chi connectivity index (χ1v) is 7.99. The number of hydrogen-bond donors (Lipinski definition) is 1. The summed E-state index contributed by atoms with van der Waals surface area (Å²) in [5.74, 6) is 0.398. The summed E-state index contributed by atoms with van der Waals surface area (Å²) in [6, 6.07) is 14.3. The van der Waals surface area contributed by atoms with Gasteiger partial charge in [0.25, 0.3) is 0 Å². The van der Waals surface area contributed by atoms with Gasteiger partial charge in [0.1, 0.15) is 0 Å². The van der Waals surface area contributed by atoms with Crippen molar-refractivity contribution in [2.75, 3.05) is 13.6 Å². The lowest BCUT2D eigenvalue weighted by Gasteiger charge is -2.18. The smallest absolute Gasteiger partial charge is 0.0595 e. The van der Waals surface area contributed by atoms with Crippen LogP contribution in [-0.4, -0.2) is 13.6 Å². The van der Waals surface area contributed by atoms with Crippen molar-refractivity contribution in [2.45, 2.75) is 12.3 Å². The maximum atomic E-state index is 6.09. The summed E-state index contributed by atoms with van der Waals surface area (Å²) in [6.45, 7) is 0.913. The lowest BCUT2D eigenvalue weighted by Crippen LogP contribution is -2.19. The minimum atomic E-state index is 0.398. The first kappa shape index (κ1) is 15.8. The van der Waals surface area contributed by atoms with E-state index in [4.69, 9.17) is 23.2 Å². The quantitative estimate of drug-likeness (QED) is 0.750. The third-order valence-corrected chi connectivity index (χ3v) is 4.47. The Hall–Kier alpha value is -0.540. The van der Waals surface area contributed by atoms with Crippen molar-refractivity contribution in [3.63, 3.8) is 0 Å². The SMILES string of the molecule is CNCC(Cc1ccc(Cl)c(Cl)c1)c1cccc(Br)c1. The molecule has 1 N–H and O–H groups in total. The van der Waals surface area contributed by atoms with Crippen LogP contribution >= 0.6 is 39.1 Å². The summed E-state index contributed by atoms with van der Waals surface area (Å²) in [4.78, 5) is 0. The van der Waals surface area contributed by atoms with Gasteiger partial charge in [-0.05, 0) is 48.9 Å². The average molecular weight is 373 g/mol. The molecule has 2 aromatic rings. The van der Waals surface area contributed by atoms with Gasteiger partial charge in [-0.1, -0.05) is 57.3 Å². The molecule has 2 rings (SSSR count). The van der Waals surface area contributed by atoms with Crippen LogP contribution in [0.15, 0.2) is 46.9 Å². The zero-order valence-corrected chi connectivity index (χ0v) is 14.3. The Morgan fingerprint density at radius 3 is 2.55 bits per heavy atom. The fourth-order valence-corrected chi connectivity index (χ4v) is 3.00. The van der Waals surface area contributed by atoms with Crippen LogP contribution in [0.25, 0.3) is 0 Å². The van der Waals surface area contributed by atoms with Crippen molar-refractivity contribution in [3.05, 3.63) is 68.1 Å². The number of rotatable bonds is 5. The molecule has 20 heavy (non-hydrogen) atoms. The Labute approximate surface area is 138 Å². The van der Waals surface area contributed by atoms with Crippen LogP contribution in [0.2, 0.25) is 10.0 Å². The molecule has 0 spiro atoms. The van der Waals surface area contributed by atoms with Crippen molar-refractivity contribution in [1.82, 2.24) is 5.32 Å². The maximum absolute atomic E-state index is 6.09. The first-order chi connectivity index (χ1) is 9.60. The van der Waals surface area contributed by atoms with Crippen LogP contribution in [0.1, 0.15) is 17.0 Å². The fourth-order valence-electron chi connectivity index (χ4n) is 2.27. The second-order valence-corrected chi connectivity index (χ2v) is 6.49. The van der Waals surface area contributed by atoms with E-state index in [2.05, 4.69) is 39.4 Å². The summed E-state index contributed by atoms with van der Waals surface area (Å²) in [5.41, 5.74) is 2.50. The summed E-state index contributed by atoms with van der Waals surface area (Å²) in [6.07, 6.45) is 0.925. The number of hydrogen-bond acceptors (Lipinski definition) is 1. The lowest BCUT2D eigenvalue weighted by atomic mass is 9.92. The van der Waals surface area contributed by atoms with Crippen LogP contribution in [0.5, 0.6) is 0 Å². The van der Waals surface area contributed by atoms with Gasteiger partial charge in [-0.3, -0.25) is 0 Å². The van der Waals surface area contributed by atoms with E-state index in [0.717, 1.165) is 17.4 Å². The molecule has 0 aliphatic carbocycles. The molecular weight excluding hydrogens is 357 g/mol. The van der Waals surface area contributed by atoms with E-state index in [9.17, 15) is 0 Å². The second-order valence-electron chi connectivity index (χ2n) is 4.76. The second kappa shape index (κ2) is 7.46. The number of halogens is 3. The minimum absolute atomic E-state index is 0.398. The van der Waals surface area contributed by atoms with Gasteiger partial charge in [0, 0.05) is 16.9 Å². The van der Waals surface area contributed by atoms with Gasteiger partial charge in [0.2, 0.25) is 0 Å². The molecule has 4 heteroatoms. The summed E-state index contributed by atoms with van der Waals surface area (Å²) in [5, 5.41) is 4.47. The third kappa shape index (κ3) is 4.23. The predicted octanol–water partition coefficient (Wildman–Crippen LogP) is 5.30. The first-order valence-electron chi connectivity index (χ1n) is 6.44. The van der Waals surface area contributed by atoms with Crippen molar-refractivity contribution >= 4 is 39.1 Å². The molecule has 0 amide bonds. The summed E-state index contributed by atoms with van der Waals surface area (Å²) in [7, 11) is 1.97. The van der Waals surface area contributed by atoms with Crippen LogP contribution in [0.3, 0.4) is 0 Å². The Morgan fingerprint density at radius 1 is 1.10 bits per heavy atom. The van der Waals surface area contributed by atoms with Gasteiger partial charge in [-0.2, -0.15) is 0 Å². The monoisotopic (exact) mass is 371 g/mol. The van der Waals surface area contributed by atoms with Gasteiger partial charge in [-0.25, -0.2) is 0 Å². The molecular formula is C16H16BrCl2N. The van der Waals surface area contributed by atoms with Crippen LogP contribution in [0.4, 0.5) is 0 Å². The molecule has 1 atom stereocenters. The minimum Gasteiger partial charge on any atom is -0.319 e. The molecule has 106 valence electrons. The normalized spacial score (nSPS) is 12.4. The van der Waals surface area contributed by atoms with E-state index in [1.807, 2.05) is 31.3 Å². The number of benzene rings is 2. The molecule has 0 bridgehead atoms. The van der Waals surface area contributed by atoms with E-state index >= 15 is 0 Å². The Morgan fingerprint density at radius 2 is 1.90 bits per heavy atom. The van der Waals surface area contributed by atoms with Crippen molar-refractivity contribution in [3.8, 4) is 0 Å². The molecule has 0 saturated heterocycles. The van der Waals surface area contributed by atoms with Crippen molar-refractivity contribution < 1.29 is 0 Å². The zero-order chi connectivity index (χ0) is 14.5. The summed E-state index contributed by atoms with van der Waals surface area (Å²) >= 11 is 15.6. The highest BCUT2D eigenvalue weighted by molar-refractivity contribution is 9.10. The molecule has 0 saturated carbocycles. The molecule has 0 heterocycles. The number of likely N-dealkylation sites (N-methyl/N-ethyl adjacent to an activating group) is 1. The summed E-state index contributed by atoms with van der Waals surface area (Å²) < 4.78 is 1.10. The molecule has 0 fully saturated rings. The Balaban J connectivity index is 2.22. The highest BCUT2D eigenvalue weighted by Gasteiger charge is 2.13. The van der Waals surface area contributed by atoms with Crippen LogP contribution < -0.4 is 5.32 Å². The predicted molar refractivity (Wildman–Crippen MR) is 91.0 cm³/mol. The Kier molecular flexibility index (Phi) is 5.91. The van der Waals surface area contributed by atoms with Gasteiger partial charge in [0.05, 0.1) is 10.0 Å². The molecule has 1 unspecified atom stereocenters. The van der Waals surface area contributed by atoms with Gasteiger partial charge >= 0.3 is 0 Å². The van der Waals surface area contributed by atoms with Crippen LogP contribution in [-0.2, 0) is 6.42 Å². The van der Waals surface area contributed by atoms with Crippen LogP contribution in [0, 0.1) is 0 Å². The standard InChI is InChI=1S/C16H16BrCl2N/c1-20-10-13(12-3-2-4-14(17)9-12)7-11-5-6-15(18)16(19)8-11/h2-6,8-9,13,20H,7,10H2,1H3. The van der Waals surface area contributed by atoms with Gasteiger partial charge in [-0.15, -0.1) is 0 Å². The molecule has 0 aromatic heterocycles. The van der Waals surface area contributed by atoms with Crippen molar-refractivity contribution in [2.24, 2.45) is 0 Å². The topological polar surface area (TPSA) is 12.0 Å². The van der Waals surface area contributed by atoms with Gasteiger partial charge < -0.3 is 5.32 Å². The molecule has 1 nitrogen and oxygen atoms in total. The number of nitrogens with one attached hydrogen (secondary N) is 1. The molecule has 0 aliphatic rings. The van der Waals surface area contributed by atoms with Gasteiger partial charge in [0.15, 0.2) is 0 Å². The van der Waals surface area contributed by atoms with Crippen molar-refractivity contribution in [1.29, 1.82) is 0 Å². The van der Waals surface area contributed by atoms with E-state index < -0.39 is 0 Å². The molecule has 2 aromatic carbocycles. The highest BCUT2D eigenvalue weighted by atomic mass is 79.9. The average Bonchev–Trinajstić information content (AvgIpc) is 2.42. The fraction of sp³-hybridized carbons (Fsp3) is 0.250. The maximum Gasteiger partial charge on any atom is 0.0595 e. The van der Waals surface area contributed by atoms with E-state index in [0.29, 0.717) is 16.0 Å². The molecule has 0 aliphatic heterocycles. The van der Waals surface area contributed by atoms with E-state index in [1.54, 1.807) is 0 Å². The Bertz CT molecular complexity index is 586. The third-order valence-electron chi connectivity index (χ3n) is 3.24. The highest BCUT2D eigenvalue weighted by Crippen LogP contribution is 2.27. The zero-order valence-electron chi connectivity index (χ0n) is 11.2. The van der Waals surface area contributed by atoms with E-state index in [1.165, 1.54) is 11.1 Å². The molecule has 0 radical (unpaired) electrons.